The van der Waals surface area contributed by atoms with Crippen molar-refractivity contribution in [2.75, 3.05) is 24.6 Å². The second-order valence-corrected chi connectivity index (χ2v) is 6.79. The molecule has 1 amide bonds. The highest BCUT2D eigenvalue weighted by atomic mass is 16.5. The van der Waals surface area contributed by atoms with Gasteiger partial charge in [-0.2, -0.15) is 5.10 Å². The predicted octanol–water partition coefficient (Wildman–Crippen LogP) is 1.22. The highest BCUT2D eigenvalue weighted by Crippen LogP contribution is 2.37. The Kier molecular flexibility index (Phi) is 4.50. The smallest absolute Gasteiger partial charge is 0.249 e. The van der Waals surface area contributed by atoms with Crippen LogP contribution in [0, 0.1) is 0 Å². The lowest BCUT2D eigenvalue weighted by Gasteiger charge is -2.34. The molecule has 0 bridgehead atoms. The molecule has 1 spiro atoms. The molecule has 2 aromatic rings. The van der Waals surface area contributed by atoms with E-state index in [2.05, 4.69) is 15.4 Å². The van der Waals surface area contributed by atoms with Crippen LogP contribution in [0.15, 0.2) is 43.0 Å². The van der Waals surface area contributed by atoms with Crippen LogP contribution in [0.1, 0.15) is 19.3 Å². The first-order chi connectivity index (χ1) is 12.3. The van der Waals surface area contributed by atoms with Gasteiger partial charge in [0.25, 0.3) is 0 Å². The molecule has 1 N–H and O–H groups in total. The second kappa shape index (κ2) is 6.93. The van der Waals surface area contributed by atoms with Crippen molar-refractivity contribution in [3.05, 3.63) is 43.0 Å². The number of amides is 1. The highest BCUT2D eigenvalue weighted by Gasteiger charge is 2.44. The average molecular weight is 341 g/mol. The quantitative estimate of drug-likeness (QED) is 0.905. The maximum atomic E-state index is 13.0. The number of hydrogen-bond donors (Lipinski definition) is 1. The van der Waals surface area contributed by atoms with Crippen LogP contribution in [0.2, 0.25) is 0 Å². The first-order valence-corrected chi connectivity index (χ1v) is 8.80. The first kappa shape index (κ1) is 16.2. The number of aromatic nitrogens is 3. The van der Waals surface area contributed by atoms with E-state index in [0.717, 1.165) is 38.0 Å². The molecule has 4 rings (SSSR count). The predicted molar refractivity (Wildman–Crippen MR) is 93.1 cm³/mol. The molecule has 132 valence electrons. The molecule has 0 aliphatic carbocycles. The summed E-state index contributed by atoms with van der Waals surface area (Å²) in [5.41, 5.74) is 0.823. The number of carbonyl (C=O) groups excluding carboxylic acids is 1. The number of benzene rings is 1. The molecular weight excluding hydrogens is 318 g/mol. The van der Waals surface area contributed by atoms with E-state index in [1.54, 1.807) is 11.0 Å². The molecule has 25 heavy (non-hydrogen) atoms. The normalized spacial score (nSPS) is 22.2. The summed E-state index contributed by atoms with van der Waals surface area (Å²) in [5.74, 6) is 0.0104. The second-order valence-electron chi connectivity index (χ2n) is 6.79. The van der Waals surface area contributed by atoms with E-state index in [-0.39, 0.29) is 24.1 Å². The lowest BCUT2D eigenvalue weighted by Crippen LogP contribution is -2.45. The first-order valence-electron chi connectivity index (χ1n) is 8.80. The van der Waals surface area contributed by atoms with Gasteiger partial charge in [0.1, 0.15) is 19.2 Å². The summed E-state index contributed by atoms with van der Waals surface area (Å²) in [6.45, 7) is 2.72. The largest absolute Gasteiger partial charge is 0.373 e. The third kappa shape index (κ3) is 3.43. The van der Waals surface area contributed by atoms with Gasteiger partial charge >= 0.3 is 0 Å². The fourth-order valence-electron chi connectivity index (χ4n) is 3.89. The van der Waals surface area contributed by atoms with Gasteiger partial charge in [-0.1, -0.05) is 18.2 Å². The monoisotopic (exact) mass is 341 g/mol. The van der Waals surface area contributed by atoms with Gasteiger partial charge in [0.05, 0.1) is 18.2 Å². The van der Waals surface area contributed by atoms with Gasteiger partial charge in [0.15, 0.2) is 0 Å². The van der Waals surface area contributed by atoms with Crippen molar-refractivity contribution in [3.8, 4) is 0 Å². The zero-order valence-electron chi connectivity index (χ0n) is 14.2. The van der Waals surface area contributed by atoms with Crippen LogP contribution in [0.25, 0.3) is 0 Å². The SMILES string of the molecule is O=C(Cn1cncn1)N(c1ccccc1)[C@@H]1COC2(CCNCC2)C1. The molecule has 0 radical (unpaired) electrons. The molecule has 2 saturated heterocycles. The molecule has 1 aromatic heterocycles. The Morgan fingerprint density at radius 2 is 2.12 bits per heavy atom. The molecule has 0 saturated carbocycles. The van der Waals surface area contributed by atoms with Crippen molar-refractivity contribution in [1.29, 1.82) is 0 Å². The van der Waals surface area contributed by atoms with Gasteiger partial charge in [-0.05, 0) is 44.5 Å². The van der Waals surface area contributed by atoms with Gasteiger partial charge in [0, 0.05) is 5.69 Å². The van der Waals surface area contributed by atoms with E-state index in [4.69, 9.17) is 4.74 Å². The Hall–Kier alpha value is -2.25. The molecule has 1 aromatic carbocycles. The van der Waals surface area contributed by atoms with Crippen molar-refractivity contribution >= 4 is 11.6 Å². The van der Waals surface area contributed by atoms with Crippen LogP contribution in [0.5, 0.6) is 0 Å². The summed E-state index contributed by atoms with van der Waals surface area (Å²) in [6, 6.07) is 9.89. The number of nitrogens with zero attached hydrogens (tertiary/aromatic N) is 4. The van der Waals surface area contributed by atoms with Crippen LogP contribution in [-0.2, 0) is 16.1 Å². The van der Waals surface area contributed by atoms with Crippen LogP contribution < -0.4 is 10.2 Å². The van der Waals surface area contributed by atoms with E-state index in [1.807, 2.05) is 35.2 Å². The standard InChI is InChI=1S/C18H23N5O2/c24-17(11-22-14-20-13-21-22)23(15-4-2-1-3-5-15)16-10-18(25-12-16)6-8-19-9-7-18/h1-5,13-14,16,19H,6-12H2/t16-/m0/s1. The molecule has 2 fully saturated rings. The van der Waals surface area contributed by atoms with Gasteiger partial charge in [-0.25, -0.2) is 9.67 Å². The fraction of sp³-hybridized carbons (Fsp3) is 0.500. The maximum Gasteiger partial charge on any atom is 0.249 e. The topological polar surface area (TPSA) is 72.3 Å². The zero-order valence-corrected chi connectivity index (χ0v) is 14.2. The molecule has 7 heteroatoms. The third-order valence-corrected chi connectivity index (χ3v) is 5.14. The summed E-state index contributed by atoms with van der Waals surface area (Å²) in [4.78, 5) is 18.8. The lowest BCUT2D eigenvalue weighted by atomic mass is 9.88. The summed E-state index contributed by atoms with van der Waals surface area (Å²) in [7, 11) is 0. The summed E-state index contributed by atoms with van der Waals surface area (Å²) in [6.07, 6.45) is 5.91. The molecule has 0 unspecified atom stereocenters. The van der Waals surface area contributed by atoms with Gasteiger partial charge in [-0.3, -0.25) is 4.79 Å². The Morgan fingerprint density at radius 1 is 1.32 bits per heavy atom. The van der Waals surface area contributed by atoms with Crippen molar-refractivity contribution < 1.29 is 9.53 Å². The van der Waals surface area contributed by atoms with Gasteiger partial charge in [0.2, 0.25) is 5.91 Å². The van der Waals surface area contributed by atoms with E-state index in [1.165, 1.54) is 6.33 Å². The van der Waals surface area contributed by atoms with Crippen LogP contribution >= 0.6 is 0 Å². The minimum absolute atomic E-state index is 0.0104. The number of hydrogen-bond acceptors (Lipinski definition) is 5. The minimum atomic E-state index is -0.0868. The van der Waals surface area contributed by atoms with E-state index < -0.39 is 0 Å². The van der Waals surface area contributed by atoms with Crippen LogP contribution in [0.4, 0.5) is 5.69 Å². The molecule has 2 aliphatic heterocycles. The summed E-state index contributed by atoms with van der Waals surface area (Å²) in [5, 5.41) is 7.45. The summed E-state index contributed by atoms with van der Waals surface area (Å²) < 4.78 is 7.78. The van der Waals surface area contributed by atoms with Gasteiger partial charge in [-0.15, -0.1) is 0 Å². The molecule has 2 aliphatic rings. The van der Waals surface area contributed by atoms with Crippen LogP contribution in [0.3, 0.4) is 0 Å². The summed E-state index contributed by atoms with van der Waals surface area (Å²) >= 11 is 0. The number of ether oxygens (including phenoxy) is 1. The van der Waals surface area contributed by atoms with E-state index >= 15 is 0 Å². The fourth-order valence-corrected chi connectivity index (χ4v) is 3.89. The number of rotatable bonds is 4. The van der Waals surface area contributed by atoms with Crippen molar-refractivity contribution in [2.24, 2.45) is 0 Å². The zero-order chi connectivity index (χ0) is 17.1. The van der Waals surface area contributed by atoms with Crippen molar-refractivity contribution in [2.45, 2.75) is 37.5 Å². The van der Waals surface area contributed by atoms with Crippen molar-refractivity contribution in [1.82, 2.24) is 20.1 Å². The number of carbonyl (C=O) groups is 1. The Balaban J connectivity index is 1.56. The Bertz CT molecular complexity index is 698. The number of para-hydroxylation sites is 1. The van der Waals surface area contributed by atoms with Crippen molar-refractivity contribution in [3.63, 3.8) is 0 Å². The minimum Gasteiger partial charge on any atom is -0.373 e. The average Bonchev–Trinajstić information content (AvgIpc) is 3.28. The molecular formula is C18H23N5O2. The number of anilines is 1. The Morgan fingerprint density at radius 3 is 2.84 bits per heavy atom. The van der Waals surface area contributed by atoms with Gasteiger partial charge < -0.3 is 15.0 Å². The highest BCUT2D eigenvalue weighted by molar-refractivity contribution is 5.93. The number of piperidine rings is 1. The van der Waals surface area contributed by atoms with E-state index in [0.29, 0.717) is 6.61 Å². The number of nitrogens with one attached hydrogen (secondary N) is 1. The maximum absolute atomic E-state index is 13.0. The molecule has 1 atom stereocenters. The van der Waals surface area contributed by atoms with E-state index in [9.17, 15) is 4.79 Å². The molecule has 7 nitrogen and oxygen atoms in total. The third-order valence-electron chi connectivity index (χ3n) is 5.14. The Labute approximate surface area is 147 Å². The lowest BCUT2D eigenvalue weighted by molar-refractivity contribution is -0.119. The van der Waals surface area contributed by atoms with Crippen LogP contribution in [-0.4, -0.2) is 52.0 Å². The molecule has 3 heterocycles.